The molecular formula is C17H15NO. The van der Waals surface area contributed by atoms with Gasteiger partial charge in [-0.3, -0.25) is 4.79 Å². The van der Waals surface area contributed by atoms with Crippen LogP contribution in [0.4, 0.5) is 0 Å². The number of aryl methyl sites for hydroxylation is 1. The minimum Gasteiger partial charge on any atom is -0.342 e. The summed E-state index contributed by atoms with van der Waals surface area (Å²) in [7, 11) is 0. The fourth-order valence-corrected chi connectivity index (χ4v) is 2.31. The Morgan fingerprint density at radius 2 is 1.79 bits per heavy atom. The molecule has 94 valence electrons. The lowest BCUT2D eigenvalue weighted by Crippen LogP contribution is -2.17. The van der Waals surface area contributed by atoms with Crippen LogP contribution in [0, 0.1) is 6.92 Å². The summed E-state index contributed by atoms with van der Waals surface area (Å²) < 4.78 is 0. The summed E-state index contributed by atoms with van der Waals surface area (Å²) in [5, 5.41) is 2.98. The van der Waals surface area contributed by atoms with Crippen LogP contribution >= 0.6 is 0 Å². The molecule has 1 heterocycles. The molecule has 19 heavy (non-hydrogen) atoms. The molecule has 1 N–H and O–H groups in total. The number of benzene rings is 2. The molecule has 2 nitrogen and oxygen atoms in total. The summed E-state index contributed by atoms with van der Waals surface area (Å²) in [4.78, 5) is 11.8. The molecule has 2 heteroatoms. The molecule has 1 aliphatic rings. The van der Waals surface area contributed by atoms with Crippen molar-refractivity contribution in [2.45, 2.75) is 13.0 Å². The second-order valence-electron chi connectivity index (χ2n) is 4.81. The van der Waals surface area contributed by atoms with Crippen molar-refractivity contribution in [2.75, 3.05) is 0 Å². The quantitative estimate of drug-likeness (QED) is 0.867. The van der Waals surface area contributed by atoms with Crippen molar-refractivity contribution in [1.82, 2.24) is 5.32 Å². The number of hydrogen-bond donors (Lipinski definition) is 1. The first-order valence-corrected chi connectivity index (χ1v) is 6.39. The number of carbonyl (C=O) groups excluding carboxylic acids is 1. The Morgan fingerprint density at radius 3 is 2.58 bits per heavy atom. The van der Waals surface area contributed by atoms with Crippen LogP contribution in [0.1, 0.15) is 33.1 Å². The highest BCUT2D eigenvalue weighted by Crippen LogP contribution is 2.26. The second kappa shape index (κ2) is 4.73. The van der Waals surface area contributed by atoms with E-state index in [1.807, 2.05) is 36.4 Å². The van der Waals surface area contributed by atoms with Crippen molar-refractivity contribution in [3.05, 3.63) is 76.9 Å². The van der Waals surface area contributed by atoms with Gasteiger partial charge in [0, 0.05) is 5.56 Å². The maximum absolute atomic E-state index is 11.8. The predicted molar refractivity (Wildman–Crippen MR) is 76.9 cm³/mol. The third-order valence-electron chi connectivity index (χ3n) is 3.39. The summed E-state index contributed by atoms with van der Waals surface area (Å²) in [6.07, 6.45) is 4.08. The first-order valence-electron chi connectivity index (χ1n) is 6.39. The molecule has 3 rings (SSSR count). The molecule has 0 spiro atoms. The monoisotopic (exact) mass is 249 g/mol. The number of nitrogens with one attached hydrogen (secondary N) is 1. The molecule has 1 atom stereocenters. The van der Waals surface area contributed by atoms with Crippen LogP contribution in [0.15, 0.2) is 54.6 Å². The van der Waals surface area contributed by atoms with Crippen LogP contribution in [0.2, 0.25) is 0 Å². The number of amides is 1. The largest absolute Gasteiger partial charge is 0.342 e. The zero-order chi connectivity index (χ0) is 13.2. The van der Waals surface area contributed by atoms with Crippen molar-refractivity contribution in [3.8, 4) is 0 Å². The SMILES string of the molecule is Cc1ccc(C=CC2NC(=O)c3ccccc32)cc1. The Morgan fingerprint density at radius 1 is 1.05 bits per heavy atom. The summed E-state index contributed by atoms with van der Waals surface area (Å²) >= 11 is 0. The molecule has 0 fully saturated rings. The highest BCUT2D eigenvalue weighted by Gasteiger charge is 2.25. The summed E-state index contributed by atoms with van der Waals surface area (Å²) in [5.41, 5.74) is 4.22. The lowest BCUT2D eigenvalue weighted by Gasteiger charge is -2.05. The molecule has 1 aliphatic heterocycles. The first-order chi connectivity index (χ1) is 9.24. The Balaban J connectivity index is 1.85. The van der Waals surface area contributed by atoms with E-state index in [0.717, 1.165) is 16.7 Å². The van der Waals surface area contributed by atoms with Gasteiger partial charge in [0.15, 0.2) is 0 Å². The summed E-state index contributed by atoms with van der Waals surface area (Å²) in [6, 6.07) is 16.0. The van der Waals surface area contributed by atoms with E-state index in [1.54, 1.807) is 0 Å². The second-order valence-corrected chi connectivity index (χ2v) is 4.81. The third kappa shape index (κ3) is 2.29. The lowest BCUT2D eigenvalue weighted by atomic mass is 10.0. The minimum atomic E-state index is -0.0231. The van der Waals surface area contributed by atoms with E-state index in [9.17, 15) is 4.79 Å². The van der Waals surface area contributed by atoms with Crippen LogP contribution in [-0.4, -0.2) is 5.91 Å². The Kier molecular flexibility index (Phi) is 2.92. The molecule has 2 aromatic carbocycles. The topological polar surface area (TPSA) is 29.1 Å². The molecule has 0 saturated carbocycles. The van der Waals surface area contributed by atoms with Crippen LogP contribution in [0.3, 0.4) is 0 Å². The van der Waals surface area contributed by atoms with Crippen molar-refractivity contribution < 1.29 is 4.79 Å². The van der Waals surface area contributed by atoms with Gasteiger partial charge in [-0.05, 0) is 24.1 Å². The minimum absolute atomic E-state index is 0.00848. The highest BCUT2D eigenvalue weighted by molar-refractivity contribution is 5.99. The standard InChI is InChI=1S/C17H15NO/c1-12-6-8-13(9-7-12)10-11-16-14-4-2-3-5-15(14)17(19)18-16/h2-11,16H,1H3,(H,18,19). The van der Waals surface area contributed by atoms with Crippen LogP contribution in [0.25, 0.3) is 6.08 Å². The number of fused-ring (bicyclic) bond motifs is 1. The van der Waals surface area contributed by atoms with E-state index in [1.165, 1.54) is 5.56 Å². The van der Waals surface area contributed by atoms with E-state index < -0.39 is 0 Å². The number of rotatable bonds is 2. The summed E-state index contributed by atoms with van der Waals surface area (Å²) in [5.74, 6) is 0.00848. The number of hydrogen-bond acceptors (Lipinski definition) is 1. The van der Waals surface area contributed by atoms with E-state index in [0.29, 0.717) is 0 Å². The average Bonchev–Trinajstić information content (AvgIpc) is 2.76. The van der Waals surface area contributed by atoms with Crippen molar-refractivity contribution in [3.63, 3.8) is 0 Å². The van der Waals surface area contributed by atoms with E-state index in [4.69, 9.17) is 0 Å². The molecule has 1 unspecified atom stereocenters. The van der Waals surface area contributed by atoms with Crippen molar-refractivity contribution in [2.24, 2.45) is 0 Å². The number of carbonyl (C=O) groups is 1. The van der Waals surface area contributed by atoms with Crippen LogP contribution in [0.5, 0.6) is 0 Å². The first kappa shape index (κ1) is 11.7. The molecule has 0 radical (unpaired) electrons. The Labute approximate surface area is 112 Å². The summed E-state index contributed by atoms with van der Waals surface area (Å²) in [6.45, 7) is 2.07. The van der Waals surface area contributed by atoms with Gasteiger partial charge in [0.25, 0.3) is 5.91 Å². The molecule has 0 bridgehead atoms. The Hall–Kier alpha value is -2.35. The molecule has 0 saturated heterocycles. The molecular weight excluding hydrogens is 234 g/mol. The van der Waals surface area contributed by atoms with Gasteiger partial charge in [-0.15, -0.1) is 0 Å². The van der Waals surface area contributed by atoms with Crippen LogP contribution in [-0.2, 0) is 0 Å². The molecule has 0 aromatic heterocycles. The van der Waals surface area contributed by atoms with Gasteiger partial charge < -0.3 is 5.32 Å². The molecule has 0 aliphatic carbocycles. The zero-order valence-electron chi connectivity index (χ0n) is 10.8. The maximum Gasteiger partial charge on any atom is 0.252 e. The fraction of sp³-hybridized carbons (Fsp3) is 0.118. The maximum atomic E-state index is 11.8. The normalized spacial score (nSPS) is 17.5. The van der Waals surface area contributed by atoms with E-state index in [2.05, 4.69) is 36.5 Å². The van der Waals surface area contributed by atoms with E-state index in [-0.39, 0.29) is 11.9 Å². The van der Waals surface area contributed by atoms with Gasteiger partial charge in [-0.2, -0.15) is 0 Å². The van der Waals surface area contributed by atoms with Gasteiger partial charge in [0.05, 0.1) is 6.04 Å². The van der Waals surface area contributed by atoms with Gasteiger partial charge in [0.1, 0.15) is 0 Å². The fourth-order valence-electron chi connectivity index (χ4n) is 2.31. The van der Waals surface area contributed by atoms with Gasteiger partial charge in [-0.1, -0.05) is 60.2 Å². The van der Waals surface area contributed by atoms with Gasteiger partial charge in [-0.25, -0.2) is 0 Å². The molecule has 1 amide bonds. The molecule has 2 aromatic rings. The van der Waals surface area contributed by atoms with Crippen molar-refractivity contribution >= 4 is 12.0 Å². The smallest absolute Gasteiger partial charge is 0.252 e. The van der Waals surface area contributed by atoms with Gasteiger partial charge in [0.2, 0.25) is 0 Å². The predicted octanol–water partition coefficient (Wildman–Crippen LogP) is 3.49. The van der Waals surface area contributed by atoms with E-state index >= 15 is 0 Å². The van der Waals surface area contributed by atoms with Gasteiger partial charge >= 0.3 is 0 Å². The van der Waals surface area contributed by atoms with Crippen LogP contribution < -0.4 is 5.32 Å². The zero-order valence-corrected chi connectivity index (χ0v) is 10.8. The van der Waals surface area contributed by atoms with Crippen molar-refractivity contribution in [1.29, 1.82) is 0 Å². The average molecular weight is 249 g/mol. The third-order valence-corrected chi connectivity index (χ3v) is 3.39. The lowest BCUT2D eigenvalue weighted by molar-refractivity contribution is 0.0961. The Bertz CT molecular complexity index is 641. The highest BCUT2D eigenvalue weighted by atomic mass is 16.2.